The van der Waals surface area contributed by atoms with Crippen molar-refractivity contribution in [2.75, 3.05) is 11.9 Å². The van der Waals surface area contributed by atoms with Crippen molar-refractivity contribution in [1.82, 2.24) is 10.2 Å². The van der Waals surface area contributed by atoms with Gasteiger partial charge in [-0.2, -0.15) is 0 Å². The number of benzene rings is 3. The number of carbonyl (C=O) groups is 3. The fourth-order valence-electron chi connectivity index (χ4n) is 4.94. The van der Waals surface area contributed by atoms with Gasteiger partial charge in [0.1, 0.15) is 29.2 Å². The van der Waals surface area contributed by atoms with E-state index in [0.717, 1.165) is 17.5 Å². The zero-order valence-corrected chi connectivity index (χ0v) is 26.7. The molecule has 0 radical (unpaired) electrons. The number of anilines is 1. The van der Waals surface area contributed by atoms with Crippen molar-refractivity contribution in [3.8, 4) is 11.5 Å². The maximum absolute atomic E-state index is 14.6. The molecule has 236 valence electrons. The van der Waals surface area contributed by atoms with Gasteiger partial charge in [-0.3, -0.25) is 9.59 Å². The molecule has 0 heterocycles. The van der Waals surface area contributed by atoms with Crippen LogP contribution in [0.25, 0.3) is 0 Å². The zero-order valence-electron chi connectivity index (χ0n) is 26.7. The van der Waals surface area contributed by atoms with Gasteiger partial charge in [-0.25, -0.2) is 4.79 Å². The molecular weight excluding hydrogens is 558 g/mol. The molecule has 0 spiro atoms. The number of ether oxygens (including phenoxy) is 1. The summed E-state index contributed by atoms with van der Waals surface area (Å²) >= 11 is 0. The Balaban J connectivity index is 2.12. The first kappa shape index (κ1) is 34.0. The molecule has 3 rings (SSSR count). The minimum absolute atomic E-state index is 0.0749. The molecule has 0 saturated carbocycles. The summed E-state index contributed by atoms with van der Waals surface area (Å²) in [6, 6.07) is 14.8. The highest BCUT2D eigenvalue weighted by atomic mass is 16.6. The molecule has 0 bridgehead atoms. The molecule has 2 atom stereocenters. The van der Waals surface area contributed by atoms with Crippen LogP contribution in [0.15, 0.2) is 60.7 Å². The second-order valence-corrected chi connectivity index (χ2v) is 12.2. The lowest BCUT2D eigenvalue weighted by Crippen LogP contribution is -2.53. The average molecular weight is 604 g/mol. The Morgan fingerprint density at radius 2 is 1.55 bits per heavy atom. The number of phenols is 2. The number of hydrogen-bond donors (Lipinski definition) is 4. The first-order chi connectivity index (χ1) is 20.7. The number of amides is 3. The summed E-state index contributed by atoms with van der Waals surface area (Å²) in [5.74, 6) is -0.736. The van der Waals surface area contributed by atoms with Crippen molar-refractivity contribution in [3.05, 3.63) is 88.5 Å². The summed E-state index contributed by atoms with van der Waals surface area (Å²) in [6.07, 6.45) is 0.697. The molecule has 0 fully saturated rings. The van der Waals surface area contributed by atoms with Gasteiger partial charge in [0.2, 0.25) is 5.91 Å². The first-order valence-electron chi connectivity index (χ1n) is 14.9. The Kier molecular flexibility index (Phi) is 11.4. The summed E-state index contributed by atoms with van der Waals surface area (Å²) in [7, 11) is 0. The molecular formula is C35H45N3O6. The second kappa shape index (κ2) is 14.8. The quantitative estimate of drug-likeness (QED) is 0.199. The van der Waals surface area contributed by atoms with Crippen LogP contribution in [0, 0.1) is 20.8 Å². The lowest BCUT2D eigenvalue weighted by atomic mass is 9.98. The van der Waals surface area contributed by atoms with Crippen molar-refractivity contribution in [3.63, 3.8) is 0 Å². The summed E-state index contributed by atoms with van der Waals surface area (Å²) in [5.41, 5.74) is 3.40. The van der Waals surface area contributed by atoms with E-state index < -0.39 is 35.6 Å². The summed E-state index contributed by atoms with van der Waals surface area (Å²) < 4.78 is 5.50. The van der Waals surface area contributed by atoms with Crippen LogP contribution in [0.3, 0.4) is 0 Å². The number of nitrogens with one attached hydrogen (secondary N) is 2. The Labute approximate surface area is 260 Å². The Hall–Kier alpha value is -4.53. The number of phenolic OH excluding ortho intramolecular Hbond substituents is 2. The van der Waals surface area contributed by atoms with E-state index in [-0.39, 0.29) is 24.5 Å². The van der Waals surface area contributed by atoms with Crippen LogP contribution in [-0.2, 0) is 20.7 Å². The Morgan fingerprint density at radius 1 is 0.909 bits per heavy atom. The fraction of sp³-hybridized carbons (Fsp3) is 0.400. The standard InChI is InChI=1S/C35H45N3O6/c1-8-9-19-38(33(42)28(36-34(43)44-35(5,6)7)21-25-13-16-27(39)17-14-25)31(26-15-18-29(40)24(4)20-26)32(41)37-30-22(2)11-10-12-23(30)3/h10-18,20,28,31,39-40H,8-9,19,21H2,1-7H3,(H,36,43)(H,37,41). The molecule has 2 unspecified atom stereocenters. The monoisotopic (exact) mass is 603 g/mol. The minimum Gasteiger partial charge on any atom is -0.508 e. The number of carbonyl (C=O) groups excluding carboxylic acids is 3. The number of aryl methyl sites for hydroxylation is 3. The van der Waals surface area contributed by atoms with E-state index in [0.29, 0.717) is 28.8 Å². The average Bonchev–Trinajstić information content (AvgIpc) is 2.94. The van der Waals surface area contributed by atoms with E-state index in [9.17, 15) is 24.6 Å². The zero-order chi connectivity index (χ0) is 32.6. The fourth-order valence-corrected chi connectivity index (χ4v) is 4.94. The van der Waals surface area contributed by atoms with E-state index in [1.807, 2.05) is 39.0 Å². The summed E-state index contributed by atoms with van der Waals surface area (Å²) in [4.78, 5) is 43.3. The van der Waals surface area contributed by atoms with E-state index in [1.165, 1.54) is 23.1 Å². The van der Waals surface area contributed by atoms with Crippen molar-refractivity contribution in [2.45, 2.75) is 85.4 Å². The number of rotatable bonds is 11. The number of alkyl carbamates (subject to hydrolysis) is 1. The molecule has 3 amide bonds. The minimum atomic E-state index is -1.08. The van der Waals surface area contributed by atoms with Crippen molar-refractivity contribution in [2.24, 2.45) is 0 Å². The lowest BCUT2D eigenvalue weighted by Gasteiger charge is -2.35. The summed E-state index contributed by atoms with van der Waals surface area (Å²) in [6.45, 7) is 13.0. The van der Waals surface area contributed by atoms with E-state index in [2.05, 4.69) is 10.6 Å². The maximum Gasteiger partial charge on any atom is 0.408 e. The number of hydrogen-bond acceptors (Lipinski definition) is 6. The maximum atomic E-state index is 14.6. The van der Waals surface area contributed by atoms with Gasteiger partial charge in [-0.05, 0) is 100 Å². The third-order valence-electron chi connectivity index (χ3n) is 7.23. The lowest BCUT2D eigenvalue weighted by molar-refractivity contribution is -0.140. The number of nitrogens with zero attached hydrogens (tertiary/aromatic N) is 1. The highest BCUT2D eigenvalue weighted by molar-refractivity contribution is 6.00. The molecule has 0 aromatic heterocycles. The second-order valence-electron chi connectivity index (χ2n) is 12.2. The van der Waals surface area contributed by atoms with Gasteiger partial charge >= 0.3 is 6.09 Å². The Morgan fingerprint density at radius 3 is 2.11 bits per heavy atom. The molecule has 0 saturated heterocycles. The van der Waals surface area contributed by atoms with Gasteiger partial charge < -0.3 is 30.5 Å². The van der Waals surface area contributed by atoms with Gasteiger partial charge in [0.25, 0.3) is 5.91 Å². The van der Waals surface area contributed by atoms with Crippen LogP contribution >= 0.6 is 0 Å². The van der Waals surface area contributed by atoms with Crippen molar-refractivity contribution in [1.29, 1.82) is 0 Å². The number of aromatic hydroxyl groups is 2. The third-order valence-corrected chi connectivity index (χ3v) is 7.23. The molecule has 0 aliphatic heterocycles. The van der Waals surface area contributed by atoms with Crippen LogP contribution in [-0.4, -0.2) is 51.2 Å². The normalized spacial score (nSPS) is 12.6. The summed E-state index contributed by atoms with van der Waals surface area (Å²) in [5, 5.41) is 25.9. The predicted octanol–water partition coefficient (Wildman–Crippen LogP) is 6.47. The predicted molar refractivity (Wildman–Crippen MR) is 172 cm³/mol. The molecule has 3 aromatic carbocycles. The number of para-hydroxylation sites is 1. The van der Waals surface area contributed by atoms with E-state index >= 15 is 0 Å². The Bertz CT molecular complexity index is 1440. The highest BCUT2D eigenvalue weighted by Gasteiger charge is 2.36. The molecule has 9 heteroatoms. The SMILES string of the molecule is CCCCN(C(=O)C(Cc1ccc(O)cc1)NC(=O)OC(C)(C)C)C(C(=O)Nc1c(C)cccc1C)c1ccc(O)c(C)c1. The van der Waals surface area contributed by atoms with E-state index in [1.54, 1.807) is 52.0 Å². The van der Waals surface area contributed by atoms with Gasteiger partial charge in [-0.1, -0.05) is 49.7 Å². The smallest absolute Gasteiger partial charge is 0.408 e. The van der Waals surface area contributed by atoms with Crippen LogP contribution in [0.1, 0.15) is 74.4 Å². The third kappa shape index (κ3) is 9.23. The van der Waals surface area contributed by atoms with Gasteiger partial charge in [0, 0.05) is 18.7 Å². The van der Waals surface area contributed by atoms with Gasteiger partial charge in [0.15, 0.2) is 0 Å². The molecule has 4 N–H and O–H groups in total. The largest absolute Gasteiger partial charge is 0.508 e. The van der Waals surface area contributed by atoms with Crippen molar-refractivity contribution >= 4 is 23.6 Å². The van der Waals surface area contributed by atoms with Crippen LogP contribution in [0.4, 0.5) is 10.5 Å². The first-order valence-corrected chi connectivity index (χ1v) is 14.9. The van der Waals surface area contributed by atoms with Gasteiger partial charge in [-0.15, -0.1) is 0 Å². The topological polar surface area (TPSA) is 128 Å². The molecule has 9 nitrogen and oxygen atoms in total. The van der Waals surface area contributed by atoms with Crippen LogP contribution < -0.4 is 10.6 Å². The molecule has 0 aliphatic rings. The van der Waals surface area contributed by atoms with Crippen LogP contribution in [0.2, 0.25) is 0 Å². The van der Waals surface area contributed by atoms with Crippen LogP contribution in [0.5, 0.6) is 11.5 Å². The van der Waals surface area contributed by atoms with Crippen molar-refractivity contribution < 1.29 is 29.3 Å². The molecule has 44 heavy (non-hydrogen) atoms. The van der Waals surface area contributed by atoms with Gasteiger partial charge in [0.05, 0.1) is 0 Å². The molecule has 0 aliphatic carbocycles. The molecule has 3 aromatic rings. The highest BCUT2D eigenvalue weighted by Crippen LogP contribution is 2.30. The number of unbranched alkanes of at least 4 members (excludes halogenated alkanes) is 1. The van der Waals surface area contributed by atoms with E-state index in [4.69, 9.17) is 4.74 Å².